The number of morpholine rings is 1. The summed E-state index contributed by atoms with van der Waals surface area (Å²) in [6, 6.07) is 3.94. The number of nitrogens with zero attached hydrogens (tertiary/aromatic N) is 3. The smallest absolute Gasteiger partial charge is 0.380 e. The Bertz CT molecular complexity index is 1130. The van der Waals surface area contributed by atoms with Crippen molar-refractivity contribution in [2.45, 2.75) is 131 Å². The average molecular weight is 939 g/mol. The normalized spacial score (nSPS) is 21.2. The van der Waals surface area contributed by atoms with Crippen molar-refractivity contribution in [3.05, 3.63) is 24.5 Å². The molecule has 60 heavy (non-hydrogen) atoms. The lowest BCUT2D eigenvalue weighted by molar-refractivity contribution is 0.0503. The highest BCUT2D eigenvalue weighted by Gasteiger charge is 2.25. The van der Waals surface area contributed by atoms with Crippen molar-refractivity contribution in [3.63, 3.8) is 0 Å². The summed E-state index contributed by atoms with van der Waals surface area (Å²) < 4.78 is 48.7. The number of methoxy groups -OCH3 is 1. The van der Waals surface area contributed by atoms with Gasteiger partial charge in [-0.05, 0) is 130 Å². The Kier molecular flexibility index (Phi) is 44.1. The van der Waals surface area contributed by atoms with E-state index in [1.807, 2.05) is 31.1 Å². The topological polar surface area (TPSA) is 140 Å². The third-order valence-corrected chi connectivity index (χ3v) is 12.7. The van der Waals surface area contributed by atoms with Gasteiger partial charge in [0.1, 0.15) is 0 Å². The van der Waals surface area contributed by atoms with Gasteiger partial charge in [0, 0.05) is 78.9 Å². The first-order chi connectivity index (χ1) is 27.7. The van der Waals surface area contributed by atoms with Crippen LogP contribution in [0.15, 0.2) is 24.5 Å². The van der Waals surface area contributed by atoms with Crippen molar-refractivity contribution < 1.29 is 42.4 Å². The number of hydrogen-bond donors (Lipinski definition) is 2. The van der Waals surface area contributed by atoms with Crippen molar-refractivity contribution in [1.82, 2.24) is 9.88 Å². The van der Waals surface area contributed by atoms with E-state index < -0.39 is 13.7 Å². The predicted octanol–water partition coefficient (Wildman–Crippen LogP) is 12.2. The van der Waals surface area contributed by atoms with Crippen LogP contribution in [0.25, 0.3) is 0 Å². The second-order valence-electron chi connectivity index (χ2n) is 15.9. The van der Waals surface area contributed by atoms with Gasteiger partial charge in [-0.25, -0.2) is 0 Å². The first-order valence-corrected chi connectivity index (χ1v) is 27.2. The number of hydrogen-bond acceptors (Lipinski definition) is 12. The van der Waals surface area contributed by atoms with Crippen molar-refractivity contribution in [1.29, 1.82) is 0 Å². The highest BCUT2D eigenvalue weighted by molar-refractivity contribution is 8.05. The molecule has 360 valence electrons. The van der Waals surface area contributed by atoms with Gasteiger partial charge >= 0.3 is 13.7 Å². The molecule has 2 saturated carbocycles. The van der Waals surface area contributed by atoms with E-state index in [0.29, 0.717) is 56.7 Å². The lowest BCUT2D eigenvalue weighted by Crippen LogP contribution is -2.32. The van der Waals surface area contributed by atoms with Gasteiger partial charge in [0.05, 0.1) is 33.0 Å². The maximum atomic E-state index is 12.2. The van der Waals surface area contributed by atoms with Gasteiger partial charge in [0.25, 0.3) is 0 Å². The molecule has 3 aliphatic rings. The summed E-state index contributed by atoms with van der Waals surface area (Å²) >= 11 is 10.3. The Hall–Kier alpha value is -0.330. The first kappa shape index (κ1) is 64.0. The summed E-state index contributed by atoms with van der Waals surface area (Å²) in [6.07, 6.45) is 18.2. The third-order valence-electron chi connectivity index (χ3n) is 10.4. The average Bonchev–Trinajstić information content (AvgIpc) is 3.22. The van der Waals surface area contributed by atoms with Crippen LogP contribution in [0.5, 0.6) is 0 Å². The Morgan fingerprint density at radius 3 is 1.52 bits per heavy atom. The highest BCUT2D eigenvalue weighted by atomic mass is 35.9. The van der Waals surface area contributed by atoms with Gasteiger partial charge in [-0.1, -0.05) is 67.2 Å². The summed E-state index contributed by atoms with van der Waals surface area (Å²) in [6.45, 7) is 13.0. The van der Waals surface area contributed by atoms with Crippen molar-refractivity contribution >= 4 is 41.8 Å². The van der Waals surface area contributed by atoms with E-state index in [0.717, 1.165) is 104 Å². The molecule has 16 heteroatoms. The van der Waals surface area contributed by atoms with Crippen LogP contribution in [0.2, 0.25) is 0 Å². The van der Waals surface area contributed by atoms with E-state index >= 15 is 0 Å². The van der Waals surface area contributed by atoms with Gasteiger partial charge in [0.15, 0.2) is 0 Å². The maximum Gasteiger partial charge on any atom is 0.380 e. The minimum Gasteiger partial charge on any atom is -0.396 e. The zero-order chi connectivity index (χ0) is 43.5. The van der Waals surface area contributed by atoms with Gasteiger partial charge in [0.2, 0.25) is 0 Å². The molecule has 12 nitrogen and oxygen atoms in total. The van der Waals surface area contributed by atoms with Crippen molar-refractivity contribution in [3.8, 4) is 0 Å². The number of pyridine rings is 1. The van der Waals surface area contributed by atoms with E-state index in [9.17, 15) is 9.13 Å². The van der Waals surface area contributed by atoms with Gasteiger partial charge in [-0.3, -0.25) is 14.1 Å². The third kappa shape index (κ3) is 39.3. The van der Waals surface area contributed by atoms with Crippen LogP contribution in [-0.4, -0.2) is 121 Å². The van der Waals surface area contributed by atoms with Gasteiger partial charge in [-0.15, -0.1) is 0 Å². The van der Waals surface area contributed by atoms with Crippen LogP contribution >= 0.6 is 36.2 Å². The molecule has 1 aliphatic heterocycles. The van der Waals surface area contributed by atoms with Gasteiger partial charge < -0.3 is 43.1 Å². The Balaban J connectivity index is -0.000000713. The van der Waals surface area contributed by atoms with E-state index in [-0.39, 0.29) is 14.9 Å². The summed E-state index contributed by atoms with van der Waals surface area (Å²) in [4.78, 5) is 8.21. The molecule has 1 aromatic rings. The molecule has 0 amide bonds. The fraction of sp³-hybridized carbons (Fsp3) is 0.886. The van der Waals surface area contributed by atoms with E-state index in [4.69, 9.17) is 51.2 Å². The summed E-state index contributed by atoms with van der Waals surface area (Å²) in [5.74, 6) is 2.25. The van der Waals surface area contributed by atoms with E-state index in [1.54, 1.807) is 26.2 Å². The number of ether oxygens (including phenoxy) is 2. The quantitative estimate of drug-likeness (QED) is 0.0950. The van der Waals surface area contributed by atoms with Crippen LogP contribution < -0.4 is 4.90 Å². The second-order valence-corrected chi connectivity index (χ2v) is 22.2. The minimum atomic E-state index is -3.27. The predicted molar refractivity (Wildman–Crippen MR) is 256 cm³/mol. The molecule has 0 aromatic carbocycles. The number of anilines is 1. The molecule has 1 aromatic heterocycles. The summed E-state index contributed by atoms with van der Waals surface area (Å²) in [5.41, 5.74) is 1.19. The molecule has 4 rings (SSSR count). The first-order valence-electron chi connectivity index (χ1n) is 21.7. The maximum absolute atomic E-state index is 12.2. The largest absolute Gasteiger partial charge is 0.396 e. The number of aliphatic hydroxyl groups excluding tert-OH is 2. The molecule has 2 heterocycles. The zero-order valence-corrected chi connectivity index (χ0v) is 40.5. The van der Waals surface area contributed by atoms with Crippen LogP contribution in [0.1, 0.15) is 131 Å². The monoisotopic (exact) mass is 938 g/mol. The van der Waals surface area contributed by atoms with Crippen LogP contribution in [-0.2, 0) is 32.2 Å². The fourth-order valence-electron chi connectivity index (χ4n) is 6.43. The SMILES string of the molecule is C.C.CCCCCCOP(=O)(Cl)Cl.CCCCCCOP(C)(=O)OCC1CCC(COC)CC1.CN(C)c1ccncc1.CN1CCOCC1.OCC1CCC(CO)CC1. The molecule has 2 N–H and O–H groups in total. The van der Waals surface area contributed by atoms with Crippen LogP contribution in [0.3, 0.4) is 0 Å². The molecule has 3 fully saturated rings. The van der Waals surface area contributed by atoms with Crippen LogP contribution in [0.4, 0.5) is 5.69 Å². The molecule has 0 radical (unpaired) electrons. The Morgan fingerprint density at radius 2 is 1.17 bits per heavy atom. The molecular weight excluding hydrogens is 847 g/mol. The number of likely N-dealkylation sites (N-methyl/N-ethyl adjacent to an activating group) is 1. The van der Waals surface area contributed by atoms with E-state index in [2.05, 4.69) is 35.3 Å². The lowest BCUT2D eigenvalue weighted by atomic mass is 9.83. The number of halogens is 2. The summed E-state index contributed by atoms with van der Waals surface area (Å²) in [7, 11) is 5.04. The molecule has 1 unspecified atom stereocenters. The second kappa shape index (κ2) is 41.4. The van der Waals surface area contributed by atoms with Crippen molar-refractivity contribution in [2.75, 3.05) is 106 Å². The Morgan fingerprint density at radius 1 is 0.733 bits per heavy atom. The fourth-order valence-corrected chi connectivity index (χ4v) is 8.20. The highest BCUT2D eigenvalue weighted by Crippen LogP contribution is 2.57. The number of rotatable bonds is 20. The lowest BCUT2D eigenvalue weighted by Gasteiger charge is -2.28. The van der Waals surface area contributed by atoms with Crippen molar-refractivity contribution in [2.24, 2.45) is 23.7 Å². The van der Waals surface area contributed by atoms with E-state index in [1.165, 1.54) is 37.8 Å². The van der Waals surface area contributed by atoms with Gasteiger partial charge in [-0.2, -0.15) is 0 Å². The molecule has 1 atom stereocenters. The minimum absolute atomic E-state index is 0. The summed E-state index contributed by atoms with van der Waals surface area (Å²) in [5, 5.41) is 17.6. The Labute approximate surface area is 378 Å². The molecule has 1 saturated heterocycles. The molecule has 0 bridgehead atoms. The molecule has 0 spiro atoms. The number of aliphatic hydroxyl groups is 2. The standard InChI is InChI=1S/C16H33O4P.C8H16O2.C7H10N2.C6H13Cl2O2P.C5H11NO.2CH4/c1-4-5-6-7-12-19-21(3,17)20-14-16-10-8-15(9-11-16)13-18-2;9-5-7-1-2-8(6-10)4-3-7;1-9(2)7-3-5-8-6-4-7;1-2-3-4-5-6-10-11(7,8)9;1-6-2-4-7-5-3-6;;/h15-16H,4-14H2,1-3H3;7-10H,1-6H2;3-6H,1-2H3;2-6H2,1H3;2-5H2,1H3;2*1H4. The number of unbranched alkanes of at least 4 members (excludes halogenated alkanes) is 6. The molecule has 2 aliphatic carbocycles. The van der Waals surface area contributed by atoms with Crippen LogP contribution in [0, 0.1) is 23.7 Å². The number of aromatic nitrogens is 1. The molecular formula is C44H91Cl2N3O9P2. The zero-order valence-electron chi connectivity index (χ0n) is 37.2.